The maximum absolute atomic E-state index is 10.7. The molecular formula is C8H7BN2O3. The van der Waals surface area contributed by atoms with Crippen LogP contribution in [0, 0.1) is 10.1 Å². The number of nitrogens with one attached hydrogen (secondary N) is 1. The van der Waals surface area contributed by atoms with Gasteiger partial charge in [0.05, 0.1) is 4.92 Å². The molecule has 0 spiro atoms. The highest BCUT2D eigenvalue weighted by Gasteiger charge is 2.07. The molecule has 1 aromatic rings. The zero-order valence-corrected chi connectivity index (χ0v) is 7.48. The molecule has 0 unspecified atom stereocenters. The van der Waals surface area contributed by atoms with E-state index < -0.39 is 4.92 Å². The second kappa shape index (κ2) is 3.91. The van der Waals surface area contributed by atoms with Crippen molar-refractivity contribution in [2.45, 2.75) is 6.92 Å². The van der Waals surface area contributed by atoms with Crippen LogP contribution in [0.1, 0.15) is 6.92 Å². The molecule has 1 rings (SSSR count). The molecule has 0 aliphatic rings. The summed E-state index contributed by atoms with van der Waals surface area (Å²) in [5.74, 6) is -0.301. The smallest absolute Gasteiger partial charge is 0.270 e. The Morgan fingerprint density at radius 3 is 2.64 bits per heavy atom. The highest BCUT2D eigenvalue weighted by atomic mass is 16.6. The highest BCUT2D eigenvalue weighted by Crippen LogP contribution is 2.15. The van der Waals surface area contributed by atoms with E-state index in [0.29, 0.717) is 5.69 Å². The van der Waals surface area contributed by atoms with Gasteiger partial charge in [-0.25, -0.2) is 0 Å². The van der Waals surface area contributed by atoms with Crippen molar-refractivity contribution >= 4 is 30.6 Å². The number of carbonyl (C=O) groups is 1. The lowest BCUT2D eigenvalue weighted by atomic mass is 9.95. The van der Waals surface area contributed by atoms with Gasteiger partial charge in [-0.05, 0) is 6.07 Å². The quantitative estimate of drug-likeness (QED) is 0.415. The average molecular weight is 190 g/mol. The SMILES string of the molecule is [B]c1cc(NC(C)=O)cc([N+](=O)[O-])c1. The van der Waals surface area contributed by atoms with E-state index in [1.54, 1.807) is 0 Å². The summed E-state index contributed by atoms with van der Waals surface area (Å²) in [7, 11) is 5.42. The van der Waals surface area contributed by atoms with Gasteiger partial charge in [0, 0.05) is 24.7 Å². The molecule has 0 saturated heterocycles. The average Bonchev–Trinajstić information content (AvgIpc) is 2.01. The first-order valence-electron chi connectivity index (χ1n) is 3.81. The summed E-state index contributed by atoms with van der Waals surface area (Å²) in [6, 6.07) is 3.93. The molecule has 2 radical (unpaired) electrons. The van der Waals surface area contributed by atoms with E-state index in [0.717, 1.165) is 0 Å². The maximum Gasteiger partial charge on any atom is 0.270 e. The normalized spacial score (nSPS) is 9.50. The van der Waals surface area contributed by atoms with Gasteiger partial charge in [-0.1, -0.05) is 5.46 Å². The summed E-state index contributed by atoms with van der Waals surface area (Å²) in [4.78, 5) is 20.5. The predicted molar refractivity (Wildman–Crippen MR) is 52.8 cm³/mol. The molecule has 0 heterocycles. The van der Waals surface area contributed by atoms with Crippen LogP contribution in [-0.2, 0) is 4.79 Å². The summed E-state index contributed by atoms with van der Waals surface area (Å²) in [6.45, 7) is 1.31. The van der Waals surface area contributed by atoms with Gasteiger partial charge >= 0.3 is 0 Å². The second-order valence-corrected chi connectivity index (χ2v) is 2.75. The Bertz CT molecular complexity index is 392. The molecule has 6 heteroatoms. The van der Waals surface area contributed by atoms with E-state index in [4.69, 9.17) is 7.85 Å². The summed E-state index contributed by atoms with van der Waals surface area (Å²) in [5, 5.41) is 12.8. The molecule has 5 nitrogen and oxygen atoms in total. The number of nitro groups is 1. The van der Waals surface area contributed by atoms with Crippen LogP contribution in [0.4, 0.5) is 11.4 Å². The Hall–Kier alpha value is -1.85. The lowest BCUT2D eigenvalue weighted by Gasteiger charge is -2.03. The fourth-order valence-electron chi connectivity index (χ4n) is 1.02. The van der Waals surface area contributed by atoms with Gasteiger partial charge in [0.15, 0.2) is 0 Å². The molecule has 0 aliphatic carbocycles. The van der Waals surface area contributed by atoms with Gasteiger partial charge in [0.25, 0.3) is 5.69 Å². The molecule has 1 N–H and O–H groups in total. The van der Waals surface area contributed by atoms with Crippen molar-refractivity contribution in [3.8, 4) is 0 Å². The van der Waals surface area contributed by atoms with Gasteiger partial charge in [0.1, 0.15) is 7.85 Å². The molecule has 0 atom stereocenters. The molecule has 0 bridgehead atoms. The molecular weight excluding hydrogens is 183 g/mol. The monoisotopic (exact) mass is 190 g/mol. The third-order valence-corrected chi connectivity index (χ3v) is 1.47. The summed E-state index contributed by atoms with van der Waals surface area (Å²) in [6.07, 6.45) is 0. The van der Waals surface area contributed by atoms with Crippen LogP contribution in [0.5, 0.6) is 0 Å². The van der Waals surface area contributed by atoms with E-state index in [1.807, 2.05) is 0 Å². The number of carbonyl (C=O) groups excluding carboxylic acids is 1. The van der Waals surface area contributed by atoms with Gasteiger partial charge in [-0.2, -0.15) is 0 Å². The fourth-order valence-corrected chi connectivity index (χ4v) is 1.02. The molecule has 1 aromatic carbocycles. The van der Waals surface area contributed by atoms with Crippen molar-refractivity contribution in [3.05, 3.63) is 28.3 Å². The van der Waals surface area contributed by atoms with E-state index in [9.17, 15) is 14.9 Å². The minimum atomic E-state index is -0.568. The molecule has 0 fully saturated rings. The molecule has 70 valence electrons. The standard InChI is InChI=1S/C8H7BN2O3/c1-5(12)10-7-2-6(9)3-8(4-7)11(13)14/h2-4H,1H3,(H,10,12). The minimum absolute atomic E-state index is 0.145. The van der Waals surface area contributed by atoms with Gasteiger partial charge in [-0.15, -0.1) is 0 Å². The molecule has 0 aromatic heterocycles. The number of benzene rings is 1. The lowest BCUT2D eigenvalue weighted by Crippen LogP contribution is -2.10. The zero-order valence-electron chi connectivity index (χ0n) is 7.48. The van der Waals surface area contributed by atoms with Crippen molar-refractivity contribution in [3.63, 3.8) is 0 Å². The summed E-state index contributed by atoms with van der Waals surface area (Å²) >= 11 is 0. The predicted octanol–water partition coefficient (Wildman–Crippen LogP) is 0.347. The molecule has 0 aliphatic heterocycles. The van der Waals surface area contributed by atoms with Gasteiger partial charge in [0.2, 0.25) is 5.91 Å². The Balaban J connectivity index is 3.07. The third kappa shape index (κ3) is 2.58. The van der Waals surface area contributed by atoms with Crippen LogP contribution in [0.15, 0.2) is 18.2 Å². The fraction of sp³-hybridized carbons (Fsp3) is 0.125. The van der Waals surface area contributed by atoms with E-state index in [2.05, 4.69) is 5.32 Å². The number of anilines is 1. The number of non-ortho nitro benzene ring substituents is 1. The Morgan fingerprint density at radius 1 is 1.50 bits per heavy atom. The van der Waals surface area contributed by atoms with E-state index in [-0.39, 0.29) is 17.1 Å². The largest absolute Gasteiger partial charge is 0.326 e. The second-order valence-electron chi connectivity index (χ2n) is 2.75. The van der Waals surface area contributed by atoms with Crippen LogP contribution >= 0.6 is 0 Å². The highest BCUT2D eigenvalue weighted by molar-refractivity contribution is 6.33. The molecule has 0 saturated carbocycles. The third-order valence-electron chi connectivity index (χ3n) is 1.47. The number of amides is 1. The van der Waals surface area contributed by atoms with Crippen molar-refractivity contribution in [1.29, 1.82) is 0 Å². The lowest BCUT2D eigenvalue weighted by molar-refractivity contribution is -0.384. The van der Waals surface area contributed by atoms with Crippen molar-refractivity contribution in [2.24, 2.45) is 0 Å². The van der Waals surface area contributed by atoms with Crippen LogP contribution in [0.25, 0.3) is 0 Å². The first-order valence-corrected chi connectivity index (χ1v) is 3.81. The van der Waals surface area contributed by atoms with Crippen LogP contribution in [-0.4, -0.2) is 18.7 Å². The number of hydrogen-bond donors (Lipinski definition) is 1. The Morgan fingerprint density at radius 2 is 2.14 bits per heavy atom. The number of nitrogens with zero attached hydrogens (tertiary/aromatic N) is 1. The van der Waals surface area contributed by atoms with E-state index in [1.165, 1.54) is 25.1 Å². The first-order chi connectivity index (χ1) is 6.49. The number of rotatable bonds is 2. The minimum Gasteiger partial charge on any atom is -0.326 e. The van der Waals surface area contributed by atoms with Crippen LogP contribution in [0.3, 0.4) is 0 Å². The number of hydrogen-bond acceptors (Lipinski definition) is 3. The molecule has 14 heavy (non-hydrogen) atoms. The van der Waals surface area contributed by atoms with Gasteiger partial charge < -0.3 is 5.32 Å². The molecule has 1 amide bonds. The van der Waals surface area contributed by atoms with Crippen LogP contribution < -0.4 is 10.8 Å². The van der Waals surface area contributed by atoms with Crippen molar-refractivity contribution in [2.75, 3.05) is 5.32 Å². The van der Waals surface area contributed by atoms with Crippen molar-refractivity contribution in [1.82, 2.24) is 0 Å². The topological polar surface area (TPSA) is 72.2 Å². The van der Waals surface area contributed by atoms with Crippen molar-refractivity contribution < 1.29 is 9.72 Å². The zero-order chi connectivity index (χ0) is 10.7. The van der Waals surface area contributed by atoms with Crippen LogP contribution in [0.2, 0.25) is 0 Å². The summed E-state index contributed by atoms with van der Waals surface area (Å²) in [5.41, 5.74) is 0.418. The number of nitro benzene ring substituents is 1. The first kappa shape index (κ1) is 10.2. The Kier molecular flexibility index (Phi) is 2.86. The van der Waals surface area contributed by atoms with E-state index >= 15 is 0 Å². The maximum atomic E-state index is 10.7. The van der Waals surface area contributed by atoms with Gasteiger partial charge in [-0.3, -0.25) is 14.9 Å². The Labute approximate surface area is 81.7 Å². The summed E-state index contributed by atoms with van der Waals surface area (Å²) < 4.78 is 0.